The number of hydrogen-bond donors (Lipinski definition) is 0. The van der Waals surface area contributed by atoms with Crippen LogP contribution in [-0.2, 0) is 14.3 Å². The molecule has 0 bridgehead atoms. The van der Waals surface area contributed by atoms with E-state index in [0.717, 1.165) is 29.3 Å². The van der Waals surface area contributed by atoms with Crippen molar-refractivity contribution in [1.82, 2.24) is 0 Å². The van der Waals surface area contributed by atoms with Crippen LogP contribution in [0, 0.1) is 11.8 Å². The van der Waals surface area contributed by atoms with Gasteiger partial charge in [0.25, 0.3) is 0 Å². The van der Waals surface area contributed by atoms with Gasteiger partial charge in [0.1, 0.15) is 6.10 Å². The van der Waals surface area contributed by atoms with Crippen LogP contribution in [0.4, 0.5) is 0 Å². The van der Waals surface area contributed by atoms with Crippen LogP contribution in [0.1, 0.15) is 31.7 Å². The SMILES string of the molecule is CCC1CC2C(=O)C(c3ccc(Br)cc3)=COC2CC1OC. The summed E-state index contributed by atoms with van der Waals surface area (Å²) in [6.45, 7) is 2.16. The molecule has 3 rings (SSSR count). The first-order chi connectivity index (χ1) is 10.6. The molecule has 2 aliphatic rings. The van der Waals surface area contributed by atoms with Gasteiger partial charge in [-0.3, -0.25) is 4.79 Å². The number of carbonyl (C=O) groups is 1. The Hall–Kier alpha value is -1.13. The van der Waals surface area contributed by atoms with Crippen LogP contribution in [0.15, 0.2) is 35.0 Å². The summed E-state index contributed by atoms with van der Waals surface area (Å²) in [7, 11) is 1.75. The van der Waals surface area contributed by atoms with E-state index in [2.05, 4.69) is 22.9 Å². The molecule has 1 saturated carbocycles. The number of allylic oxidation sites excluding steroid dienone is 1. The van der Waals surface area contributed by atoms with Crippen molar-refractivity contribution in [2.24, 2.45) is 11.8 Å². The Labute approximate surface area is 139 Å². The normalized spacial score (nSPS) is 31.2. The minimum atomic E-state index is -0.0422. The van der Waals surface area contributed by atoms with Gasteiger partial charge in [-0.15, -0.1) is 0 Å². The molecule has 1 aromatic carbocycles. The van der Waals surface area contributed by atoms with Crippen molar-refractivity contribution in [2.75, 3.05) is 7.11 Å². The monoisotopic (exact) mass is 364 g/mol. The number of methoxy groups -OCH3 is 1. The maximum Gasteiger partial charge on any atom is 0.173 e. The summed E-state index contributed by atoms with van der Waals surface area (Å²) < 4.78 is 12.5. The fraction of sp³-hybridized carbons (Fsp3) is 0.500. The first-order valence-electron chi connectivity index (χ1n) is 7.82. The molecule has 118 valence electrons. The van der Waals surface area contributed by atoms with Gasteiger partial charge in [-0.2, -0.15) is 0 Å². The van der Waals surface area contributed by atoms with Crippen LogP contribution in [0.3, 0.4) is 0 Å². The minimum absolute atomic E-state index is 0.0417. The van der Waals surface area contributed by atoms with Crippen molar-refractivity contribution in [3.63, 3.8) is 0 Å². The Morgan fingerprint density at radius 2 is 2.00 bits per heavy atom. The Kier molecular flexibility index (Phi) is 4.69. The summed E-state index contributed by atoms with van der Waals surface area (Å²) >= 11 is 3.42. The summed E-state index contributed by atoms with van der Waals surface area (Å²) in [6.07, 6.45) is 4.49. The molecule has 1 aliphatic carbocycles. The Balaban J connectivity index is 1.85. The topological polar surface area (TPSA) is 35.5 Å². The average Bonchev–Trinajstić information content (AvgIpc) is 2.55. The lowest BCUT2D eigenvalue weighted by Gasteiger charge is -2.41. The van der Waals surface area contributed by atoms with Crippen LogP contribution in [0.5, 0.6) is 0 Å². The smallest absolute Gasteiger partial charge is 0.173 e. The predicted molar refractivity (Wildman–Crippen MR) is 89.3 cm³/mol. The average molecular weight is 365 g/mol. The van der Waals surface area contributed by atoms with Crippen LogP contribution in [0.2, 0.25) is 0 Å². The van der Waals surface area contributed by atoms with Gasteiger partial charge in [0.2, 0.25) is 0 Å². The van der Waals surface area contributed by atoms with Crippen LogP contribution < -0.4 is 0 Å². The number of rotatable bonds is 3. The van der Waals surface area contributed by atoms with E-state index in [1.54, 1.807) is 13.4 Å². The molecule has 0 aromatic heterocycles. The second-order valence-electron chi connectivity index (χ2n) is 6.10. The van der Waals surface area contributed by atoms with Gasteiger partial charge in [-0.25, -0.2) is 0 Å². The minimum Gasteiger partial charge on any atom is -0.496 e. The van der Waals surface area contributed by atoms with Gasteiger partial charge < -0.3 is 9.47 Å². The van der Waals surface area contributed by atoms with Crippen molar-refractivity contribution in [2.45, 2.75) is 38.4 Å². The lowest BCUT2D eigenvalue weighted by molar-refractivity contribution is -0.130. The van der Waals surface area contributed by atoms with Gasteiger partial charge in [0.05, 0.1) is 23.9 Å². The van der Waals surface area contributed by atoms with Crippen LogP contribution >= 0.6 is 15.9 Å². The second-order valence-corrected chi connectivity index (χ2v) is 7.01. The van der Waals surface area contributed by atoms with E-state index in [9.17, 15) is 4.79 Å². The van der Waals surface area contributed by atoms with Gasteiger partial charge in [-0.05, 0) is 30.0 Å². The number of hydrogen-bond acceptors (Lipinski definition) is 3. The zero-order valence-electron chi connectivity index (χ0n) is 12.9. The van der Waals surface area contributed by atoms with E-state index in [1.807, 2.05) is 24.3 Å². The molecule has 4 heteroatoms. The van der Waals surface area contributed by atoms with Gasteiger partial charge in [0.15, 0.2) is 5.78 Å². The van der Waals surface area contributed by atoms with Crippen molar-refractivity contribution < 1.29 is 14.3 Å². The maximum atomic E-state index is 12.9. The molecule has 1 aromatic rings. The molecule has 3 nitrogen and oxygen atoms in total. The summed E-state index contributed by atoms with van der Waals surface area (Å²) in [4.78, 5) is 12.9. The Bertz CT molecular complexity index is 578. The first-order valence-corrected chi connectivity index (χ1v) is 8.62. The van der Waals surface area contributed by atoms with Gasteiger partial charge in [-0.1, -0.05) is 41.4 Å². The fourth-order valence-electron chi connectivity index (χ4n) is 3.61. The van der Waals surface area contributed by atoms with Crippen molar-refractivity contribution in [1.29, 1.82) is 0 Å². The number of benzene rings is 1. The maximum absolute atomic E-state index is 12.9. The van der Waals surface area contributed by atoms with E-state index in [1.165, 1.54) is 0 Å². The molecule has 4 atom stereocenters. The third kappa shape index (κ3) is 2.86. The van der Waals surface area contributed by atoms with E-state index in [-0.39, 0.29) is 23.9 Å². The summed E-state index contributed by atoms with van der Waals surface area (Å²) in [5.41, 5.74) is 1.62. The third-order valence-electron chi connectivity index (χ3n) is 4.94. The van der Waals surface area contributed by atoms with Crippen molar-refractivity contribution in [3.05, 3.63) is 40.6 Å². The second kappa shape index (κ2) is 6.55. The van der Waals surface area contributed by atoms with E-state index in [0.29, 0.717) is 11.5 Å². The summed E-state index contributed by atoms with van der Waals surface area (Å²) in [5, 5.41) is 0. The van der Waals surface area contributed by atoms with Crippen molar-refractivity contribution >= 4 is 27.3 Å². The van der Waals surface area contributed by atoms with Crippen LogP contribution in [-0.4, -0.2) is 25.1 Å². The molecular formula is C18H21BrO3. The third-order valence-corrected chi connectivity index (χ3v) is 5.47. The predicted octanol–water partition coefficient (Wildman–Crippen LogP) is 4.21. The largest absolute Gasteiger partial charge is 0.496 e. The summed E-state index contributed by atoms with van der Waals surface area (Å²) in [5.74, 6) is 0.606. The lowest BCUT2D eigenvalue weighted by Crippen LogP contribution is -2.45. The van der Waals surface area contributed by atoms with Crippen LogP contribution in [0.25, 0.3) is 5.57 Å². The lowest BCUT2D eigenvalue weighted by atomic mass is 9.72. The highest BCUT2D eigenvalue weighted by atomic mass is 79.9. The molecule has 0 saturated heterocycles. The highest BCUT2D eigenvalue weighted by molar-refractivity contribution is 9.10. The molecule has 0 N–H and O–H groups in total. The number of ether oxygens (including phenoxy) is 2. The molecular weight excluding hydrogens is 344 g/mol. The molecule has 1 fully saturated rings. The number of fused-ring (bicyclic) bond motifs is 1. The zero-order chi connectivity index (χ0) is 15.7. The summed E-state index contributed by atoms with van der Waals surface area (Å²) in [6, 6.07) is 7.81. The van der Waals surface area contributed by atoms with E-state index < -0.39 is 0 Å². The molecule has 4 unspecified atom stereocenters. The molecule has 22 heavy (non-hydrogen) atoms. The Morgan fingerprint density at radius 1 is 1.27 bits per heavy atom. The molecule has 1 aliphatic heterocycles. The van der Waals surface area contributed by atoms with E-state index in [4.69, 9.17) is 9.47 Å². The molecule has 0 radical (unpaired) electrons. The molecule has 0 spiro atoms. The quantitative estimate of drug-likeness (QED) is 0.805. The van der Waals surface area contributed by atoms with E-state index >= 15 is 0 Å². The molecule has 1 heterocycles. The number of Topliss-reactive ketones (excluding diaryl/α,β-unsaturated/α-hetero) is 1. The number of carbonyl (C=O) groups excluding carboxylic acids is 1. The zero-order valence-corrected chi connectivity index (χ0v) is 14.5. The Morgan fingerprint density at radius 3 is 2.64 bits per heavy atom. The van der Waals surface area contributed by atoms with Crippen molar-refractivity contribution in [3.8, 4) is 0 Å². The molecule has 0 amide bonds. The first kappa shape index (κ1) is 15.8. The standard InChI is InChI=1S/C18H21BrO3/c1-3-11-8-14-17(9-16(11)21-2)22-10-15(18(14)20)12-4-6-13(19)7-5-12/h4-7,10-11,14,16-17H,3,8-9H2,1-2H3. The highest BCUT2D eigenvalue weighted by Crippen LogP contribution is 2.40. The number of ketones is 1. The van der Waals surface area contributed by atoms with Gasteiger partial charge >= 0.3 is 0 Å². The highest BCUT2D eigenvalue weighted by Gasteiger charge is 2.44. The fourth-order valence-corrected chi connectivity index (χ4v) is 3.88. The van der Waals surface area contributed by atoms with Gasteiger partial charge in [0, 0.05) is 18.0 Å². The number of halogens is 1.